The molecule has 0 aliphatic rings. The largest absolute Gasteiger partial charge is 0.179 e. The van der Waals surface area contributed by atoms with Crippen LogP contribution in [0.5, 0.6) is 0 Å². The van der Waals surface area contributed by atoms with Crippen LogP contribution in [0.2, 0.25) is 0 Å². The first kappa shape index (κ1) is 50.7. The Labute approximate surface area is 493 Å². The maximum Gasteiger partial charge on any atom is 0.179 e. The van der Waals surface area contributed by atoms with Gasteiger partial charge >= 0.3 is 0 Å². The molecule has 15 aromatic carbocycles. The zero-order valence-electron chi connectivity index (χ0n) is 46.5. The molecule has 2 heteroatoms. The molecule has 0 heterocycles. The first-order valence-electron chi connectivity index (χ1n) is 29.2. The van der Waals surface area contributed by atoms with Gasteiger partial charge in [-0.15, -0.1) is 0 Å². The van der Waals surface area contributed by atoms with E-state index >= 15 is 0 Å². The molecule has 15 aromatic rings. The van der Waals surface area contributed by atoms with Gasteiger partial charge in [-0.1, -0.05) is 328 Å². The van der Waals surface area contributed by atoms with Gasteiger partial charge < -0.3 is 0 Å². The lowest BCUT2D eigenvalue weighted by atomic mass is 9.85. The SMILES string of the molecule is c1ccc([Si](c2ccccc2)(c2ccccc2)c2ccc(-c3ccc4cc(-c5c6ccccc6c(-c6ccc7cc(-c8ccc([Si](c9ccccc9)(c9ccccc9)c9ccccc9)cc8)ccc7c6)c6ccccc56)ccc4c3)cc2)cc1. The predicted molar refractivity (Wildman–Crippen MR) is 365 cm³/mol. The van der Waals surface area contributed by atoms with Gasteiger partial charge in [-0.3, -0.25) is 0 Å². The zero-order chi connectivity index (χ0) is 55.9. The molecular formula is C82H58Si2. The molecule has 0 aliphatic heterocycles. The number of fused-ring (bicyclic) bond motifs is 4. The minimum Gasteiger partial charge on any atom is -0.0623 e. The zero-order valence-corrected chi connectivity index (χ0v) is 48.5. The molecule has 0 saturated heterocycles. The highest BCUT2D eigenvalue weighted by atomic mass is 28.3. The molecule has 0 bridgehead atoms. The molecule has 0 unspecified atom stereocenters. The molecule has 0 aliphatic carbocycles. The maximum absolute atomic E-state index is 2.62. The molecule has 0 N–H and O–H groups in total. The van der Waals surface area contributed by atoms with Gasteiger partial charge in [0.1, 0.15) is 0 Å². The topological polar surface area (TPSA) is 0 Å². The third-order valence-corrected chi connectivity index (χ3v) is 27.3. The summed E-state index contributed by atoms with van der Waals surface area (Å²) < 4.78 is 0. The van der Waals surface area contributed by atoms with Crippen LogP contribution in [0.4, 0.5) is 0 Å². The van der Waals surface area contributed by atoms with Crippen LogP contribution < -0.4 is 41.5 Å². The summed E-state index contributed by atoms with van der Waals surface area (Å²) in [6.45, 7) is 0. The molecule has 0 saturated carbocycles. The van der Waals surface area contributed by atoms with Crippen LogP contribution in [0, 0.1) is 0 Å². The van der Waals surface area contributed by atoms with Crippen molar-refractivity contribution in [2.75, 3.05) is 0 Å². The van der Waals surface area contributed by atoms with E-state index in [1.54, 1.807) is 0 Å². The van der Waals surface area contributed by atoms with E-state index in [2.05, 4.69) is 352 Å². The molecule has 394 valence electrons. The average Bonchev–Trinajstić information content (AvgIpc) is 1.60. The van der Waals surface area contributed by atoms with Crippen molar-refractivity contribution in [1.29, 1.82) is 0 Å². The second-order valence-corrected chi connectivity index (χ2v) is 29.9. The summed E-state index contributed by atoms with van der Waals surface area (Å²) in [6, 6.07) is 132. The fraction of sp³-hybridized carbons (Fsp3) is 0. The summed E-state index contributed by atoms with van der Waals surface area (Å²) in [5.74, 6) is 0. The van der Waals surface area contributed by atoms with Gasteiger partial charge in [0, 0.05) is 0 Å². The number of hydrogen-bond acceptors (Lipinski definition) is 0. The number of benzene rings is 15. The summed E-state index contributed by atoms with van der Waals surface area (Å²) in [5.41, 5.74) is 9.81. The van der Waals surface area contributed by atoms with E-state index in [9.17, 15) is 0 Å². The van der Waals surface area contributed by atoms with Crippen molar-refractivity contribution in [3.63, 3.8) is 0 Å². The maximum atomic E-state index is 2.39. The Bertz CT molecular complexity index is 4270. The van der Waals surface area contributed by atoms with E-state index in [1.165, 1.54) is 129 Å². The average molecular weight is 1100 g/mol. The van der Waals surface area contributed by atoms with Gasteiger partial charge in [0.05, 0.1) is 0 Å². The summed E-state index contributed by atoms with van der Waals surface area (Å²) in [5, 5.41) is 20.9. The van der Waals surface area contributed by atoms with E-state index in [1.807, 2.05) is 0 Å². The van der Waals surface area contributed by atoms with Crippen LogP contribution in [0.3, 0.4) is 0 Å². The highest BCUT2D eigenvalue weighted by Crippen LogP contribution is 2.45. The Morgan fingerprint density at radius 3 is 0.583 bits per heavy atom. The van der Waals surface area contributed by atoms with Gasteiger partial charge in [-0.2, -0.15) is 0 Å². The van der Waals surface area contributed by atoms with Gasteiger partial charge in [0.2, 0.25) is 0 Å². The van der Waals surface area contributed by atoms with E-state index < -0.39 is 16.1 Å². The summed E-state index contributed by atoms with van der Waals surface area (Å²) in [7, 11) is -5.24. The lowest BCUT2D eigenvalue weighted by Crippen LogP contribution is -2.74. The smallest absolute Gasteiger partial charge is 0.0623 e. The van der Waals surface area contributed by atoms with Gasteiger partial charge in [-0.25, -0.2) is 0 Å². The van der Waals surface area contributed by atoms with Crippen molar-refractivity contribution >= 4 is 101 Å². The molecule has 0 spiro atoms. The molecule has 0 radical (unpaired) electrons. The van der Waals surface area contributed by atoms with Crippen molar-refractivity contribution in [1.82, 2.24) is 0 Å². The van der Waals surface area contributed by atoms with E-state index in [0.29, 0.717) is 0 Å². The Balaban J connectivity index is 0.760. The lowest BCUT2D eigenvalue weighted by molar-refractivity contribution is 1.63. The van der Waals surface area contributed by atoms with Crippen molar-refractivity contribution in [3.05, 3.63) is 352 Å². The summed E-state index contributed by atoms with van der Waals surface area (Å²) in [6.07, 6.45) is 0. The van der Waals surface area contributed by atoms with Gasteiger partial charge in [-0.05, 0) is 153 Å². The van der Waals surface area contributed by atoms with Crippen molar-refractivity contribution in [2.24, 2.45) is 0 Å². The van der Waals surface area contributed by atoms with Crippen LogP contribution in [0.15, 0.2) is 352 Å². The molecule has 15 rings (SSSR count). The van der Waals surface area contributed by atoms with Gasteiger partial charge in [0.15, 0.2) is 16.1 Å². The number of rotatable bonds is 12. The summed E-state index contributed by atoms with van der Waals surface area (Å²) in [4.78, 5) is 0. The molecule has 0 nitrogen and oxygen atoms in total. The lowest BCUT2D eigenvalue weighted by Gasteiger charge is -2.34. The minimum absolute atomic E-state index is 1.21. The number of hydrogen-bond donors (Lipinski definition) is 0. The monoisotopic (exact) mass is 1100 g/mol. The Morgan fingerprint density at radius 2 is 0.333 bits per heavy atom. The standard InChI is InChI=1S/C82H58Si2/c1-7-23-69(24-8-1)83(70-25-9-2-10-26-70,71-27-11-3-12-28-71)75-51-47-59(48-52-75)61-39-41-65-57-67(45-43-63(65)55-61)81-77-35-19-21-37-79(77)82(80-38-22-20-36-78(80)81)68-46-44-64-56-62(40-42-66(64)58-68)60-49-53-76(54-50-60)84(72-29-13-4-14-30-72,73-31-15-5-16-32-73)74-33-17-6-18-34-74/h1-58H. The highest BCUT2D eigenvalue weighted by molar-refractivity contribution is 7.20. The molecular weight excluding hydrogens is 1040 g/mol. The van der Waals surface area contributed by atoms with Crippen LogP contribution in [-0.2, 0) is 0 Å². The quantitative estimate of drug-likeness (QED) is 0.0650. The summed E-state index contributed by atoms with van der Waals surface area (Å²) >= 11 is 0. The fourth-order valence-corrected chi connectivity index (χ4v) is 23.4. The van der Waals surface area contributed by atoms with E-state index in [0.717, 1.165) is 0 Å². The van der Waals surface area contributed by atoms with Crippen LogP contribution in [-0.4, -0.2) is 16.1 Å². The predicted octanol–water partition coefficient (Wildman–Crippen LogP) is 15.7. The molecule has 0 fully saturated rings. The molecule has 84 heavy (non-hydrogen) atoms. The van der Waals surface area contributed by atoms with E-state index in [4.69, 9.17) is 0 Å². The second kappa shape index (κ2) is 21.6. The first-order chi connectivity index (χ1) is 41.6. The van der Waals surface area contributed by atoms with Crippen molar-refractivity contribution in [3.8, 4) is 44.5 Å². The normalized spacial score (nSPS) is 11.8. The highest BCUT2D eigenvalue weighted by Gasteiger charge is 2.42. The minimum atomic E-state index is -2.62. The Kier molecular flexibility index (Phi) is 13.0. The fourth-order valence-electron chi connectivity index (χ4n) is 13.9. The third kappa shape index (κ3) is 8.66. The Hall–Kier alpha value is -10.2. The van der Waals surface area contributed by atoms with Crippen LogP contribution in [0.25, 0.3) is 87.6 Å². The third-order valence-electron chi connectivity index (χ3n) is 17.7. The molecule has 0 aromatic heterocycles. The second-order valence-electron chi connectivity index (χ2n) is 22.2. The van der Waals surface area contributed by atoms with Crippen molar-refractivity contribution < 1.29 is 0 Å². The van der Waals surface area contributed by atoms with Crippen LogP contribution >= 0.6 is 0 Å². The molecule has 0 amide bonds. The van der Waals surface area contributed by atoms with Crippen LogP contribution in [0.1, 0.15) is 0 Å². The Morgan fingerprint density at radius 1 is 0.143 bits per heavy atom. The first-order valence-corrected chi connectivity index (χ1v) is 33.2. The molecule has 0 atom stereocenters. The van der Waals surface area contributed by atoms with Gasteiger partial charge in [0.25, 0.3) is 0 Å². The van der Waals surface area contributed by atoms with E-state index in [-0.39, 0.29) is 0 Å². The van der Waals surface area contributed by atoms with Crippen molar-refractivity contribution in [2.45, 2.75) is 0 Å².